The fourth-order valence-electron chi connectivity index (χ4n) is 2.45. The van der Waals surface area contributed by atoms with E-state index in [0.717, 1.165) is 28.4 Å². The molecule has 0 spiro atoms. The molecule has 0 saturated heterocycles. The van der Waals surface area contributed by atoms with E-state index < -0.39 is 0 Å². The van der Waals surface area contributed by atoms with E-state index in [1.165, 1.54) is 5.56 Å². The van der Waals surface area contributed by atoms with Gasteiger partial charge in [0.1, 0.15) is 5.75 Å². The van der Waals surface area contributed by atoms with Gasteiger partial charge in [-0.1, -0.05) is 12.1 Å². The molecule has 0 bridgehead atoms. The smallest absolute Gasteiger partial charge is 0.231 e. The molecular weight excluding hydrogens is 266 g/mol. The van der Waals surface area contributed by atoms with Crippen LogP contribution in [0.25, 0.3) is 11.1 Å². The maximum Gasteiger partial charge on any atom is 0.231 e. The molecule has 1 N–H and O–H groups in total. The molecule has 3 rings (SSSR count). The number of hydrogen-bond donors (Lipinski definition) is 1. The molecule has 1 atom stereocenters. The lowest BCUT2D eigenvalue weighted by atomic mass is 9.98. The maximum absolute atomic E-state index is 5.50. The second-order valence-electron chi connectivity index (χ2n) is 5.04. The fraction of sp³-hybridized carbons (Fsp3) is 0.294. The summed E-state index contributed by atoms with van der Waals surface area (Å²) in [5, 5.41) is 3.25. The van der Waals surface area contributed by atoms with Gasteiger partial charge in [-0.25, -0.2) is 0 Å². The molecule has 2 aromatic rings. The van der Waals surface area contributed by atoms with Gasteiger partial charge < -0.3 is 19.5 Å². The van der Waals surface area contributed by atoms with Gasteiger partial charge in [0.15, 0.2) is 11.5 Å². The summed E-state index contributed by atoms with van der Waals surface area (Å²) in [5.74, 6) is 2.42. The molecule has 2 aromatic carbocycles. The third-order valence-electron chi connectivity index (χ3n) is 3.84. The summed E-state index contributed by atoms with van der Waals surface area (Å²) in [6.07, 6.45) is 0. The minimum atomic E-state index is 0.281. The monoisotopic (exact) mass is 285 g/mol. The van der Waals surface area contributed by atoms with Crippen molar-refractivity contribution in [2.45, 2.75) is 13.0 Å². The van der Waals surface area contributed by atoms with Crippen molar-refractivity contribution in [2.24, 2.45) is 0 Å². The van der Waals surface area contributed by atoms with Gasteiger partial charge in [-0.2, -0.15) is 0 Å². The second kappa shape index (κ2) is 5.66. The average Bonchev–Trinajstić information content (AvgIpc) is 3.01. The van der Waals surface area contributed by atoms with E-state index in [1.54, 1.807) is 7.11 Å². The Labute approximate surface area is 124 Å². The highest BCUT2D eigenvalue weighted by Gasteiger charge is 2.16. The zero-order valence-corrected chi connectivity index (χ0v) is 12.5. The minimum absolute atomic E-state index is 0.281. The number of fused-ring (bicyclic) bond motifs is 1. The van der Waals surface area contributed by atoms with Crippen LogP contribution in [0.1, 0.15) is 18.5 Å². The number of methoxy groups -OCH3 is 1. The average molecular weight is 285 g/mol. The summed E-state index contributed by atoms with van der Waals surface area (Å²) in [5.41, 5.74) is 3.32. The molecule has 0 radical (unpaired) electrons. The van der Waals surface area contributed by atoms with E-state index in [0.29, 0.717) is 0 Å². The molecule has 1 unspecified atom stereocenters. The number of hydrogen-bond acceptors (Lipinski definition) is 4. The minimum Gasteiger partial charge on any atom is -0.496 e. The van der Waals surface area contributed by atoms with E-state index in [9.17, 15) is 0 Å². The molecule has 0 amide bonds. The Bertz CT molecular complexity index is 654. The van der Waals surface area contributed by atoms with Crippen molar-refractivity contribution >= 4 is 0 Å². The molecule has 0 aliphatic carbocycles. The lowest BCUT2D eigenvalue weighted by molar-refractivity contribution is 0.174. The van der Waals surface area contributed by atoms with Crippen LogP contribution in [-0.4, -0.2) is 21.0 Å². The molecule has 1 aliphatic heterocycles. The molecule has 1 heterocycles. The second-order valence-corrected chi connectivity index (χ2v) is 5.04. The van der Waals surface area contributed by atoms with E-state index in [-0.39, 0.29) is 12.8 Å². The Hall–Kier alpha value is -2.20. The van der Waals surface area contributed by atoms with Crippen molar-refractivity contribution in [3.8, 4) is 28.4 Å². The van der Waals surface area contributed by atoms with Gasteiger partial charge in [0.05, 0.1) is 7.11 Å². The van der Waals surface area contributed by atoms with E-state index in [1.807, 2.05) is 31.3 Å². The highest BCUT2D eigenvalue weighted by molar-refractivity contribution is 5.74. The van der Waals surface area contributed by atoms with Gasteiger partial charge in [0.25, 0.3) is 0 Å². The molecule has 110 valence electrons. The summed E-state index contributed by atoms with van der Waals surface area (Å²) >= 11 is 0. The molecule has 0 fully saturated rings. The zero-order valence-electron chi connectivity index (χ0n) is 12.5. The van der Waals surface area contributed by atoms with E-state index in [4.69, 9.17) is 14.2 Å². The first-order valence-corrected chi connectivity index (χ1v) is 6.98. The fourth-order valence-corrected chi connectivity index (χ4v) is 2.45. The number of ether oxygens (including phenoxy) is 3. The van der Waals surface area contributed by atoms with Crippen molar-refractivity contribution in [3.63, 3.8) is 0 Å². The van der Waals surface area contributed by atoms with Crippen molar-refractivity contribution in [1.29, 1.82) is 0 Å². The Morgan fingerprint density at radius 1 is 1.10 bits per heavy atom. The first-order valence-electron chi connectivity index (χ1n) is 6.98. The predicted molar refractivity (Wildman–Crippen MR) is 82.0 cm³/mol. The summed E-state index contributed by atoms with van der Waals surface area (Å²) in [7, 11) is 3.64. The molecule has 4 nitrogen and oxygen atoms in total. The standard InChI is InChI=1S/C17H19NO3/c1-11(18-2)12-4-6-15(19-3)14(8-12)13-5-7-16-17(9-13)21-10-20-16/h4-9,11,18H,10H2,1-3H3. The van der Waals surface area contributed by atoms with Crippen LogP contribution in [0.5, 0.6) is 17.2 Å². The quantitative estimate of drug-likeness (QED) is 0.935. The van der Waals surface area contributed by atoms with Crippen molar-refractivity contribution in [3.05, 3.63) is 42.0 Å². The first-order chi connectivity index (χ1) is 10.2. The third kappa shape index (κ3) is 2.54. The molecule has 4 heteroatoms. The molecule has 1 aliphatic rings. The third-order valence-corrected chi connectivity index (χ3v) is 3.84. The van der Waals surface area contributed by atoms with Crippen LogP contribution in [0.15, 0.2) is 36.4 Å². The number of rotatable bonds is 4. The van der Waals surface area contributed by atoms with Gasteiger partial charge in [-0.3, -0.25) is 0 Å². The van der Waals surface area contributed by atoms with E-state index >= 15 is 0 Å². The maximum atomic E-state index is 5.50. The Kier molecular flexibility index (Phi) is 3.71. The summed E-state index contributed by atoms with van der Waals surface area (Å²) in [6, 6.07) is 12.5. The molecular formula is C17H19NO3. The van der Waals surface area contributed by atoms with Crippen LogP contribution >= 0.6 is 0 Å². The van der Waals surface area contributed by atoms with Gasteiger partial charge in [-0.15, -0.1) is 0 Å². The van der Waals surface area contributed by atoms with Gasteiger partial charge >= 0.3 is 0 Å². The van der Waals surface area contributed by atoms with Gasteiger partial charge in [0.2, 0.25) is 6.79 Å². The Morgan fingerprint density at radius 3 is 2.67 bits per heavy atom. The molecule has 0 saturated carbocycles. The van der Waals surface area contributed by atoms with Gasteiger partial charge in [0, 0.05) is 11.6 Å². The summed E-state index contributed by atoms with van der Waals surface area (Å²) in [6.45, 7) is 2.41. The molecule has 21 heavy (non-hydrogen) atoms. The summed E-state index contributed by atoms with van der Waals surface area (Å²) in [4.78, 5) is 0. The highest BCUT2D eigenvalue weighted by atomic mass is 16.7. The van der Waals surface area contributed by atoms with Crippen LogP contribution in [0.4, 0.5) is 0 Å². The van der Waals surface area contributed by atoms with E-state index in [2.05, 4.69) is 24.4 Å². The Balaban J connectivity index is 2.07. The van der Waals surface area contributed by atoms with Crippen LogP contribution in [0.3, 0.4) is 0 Å². The van der Waals surface area contributed by atoms with Crippen molar-refractivity contribution < 1.29 is 14.2 Å². The number of nitrogens with one attached hydrogen (secondary N) is 1. The zero-order chi connectivity index (χ0) is 14.8. The SMILES string of the molecule is CNC(C)c1ccc(OC)c(-c2ccc3c(c2)OCO3)c1. The Morgan fingerprint density at radius 2 is 1.90 bits per heavy atom. The van der Waals surface area contributed by atoms with Crippen LogP contribution < -0.4 is 19.5 Å². The molecule has 0 aromatic heterocycles. The lowest BCUT2D eigenvalue weighted by Gasteiger charge is -2.15. The van der Waals surface area contributed by atoms with Crippen LogP contribution in [0, 0.1) is 0 Å². The topological polar surface area (TPSA) is 39.7 Å². The predicted octanol–water partition coefficient (Wildman–Crippen LogP) is 3.37. The first kappa shape index (κ1) is 13.8. The van der Waals surface area contributed by atoms with Crippen LogP contribution in [-0.2, 0) is 0 Å². The summed E-state index contributed by atoms with van der Waals surface area (Å²) < 4.78 is 16.3. The number of benzene rings is 2. The largest absolute Gasteiger partial charge is 0.496 e. The van der Waals surface area contributed by atoms with Gasteiger partial charge in [-0.05, 0) is 49.4 Å². The highest BCUT2D eigenvalue weighted by Crippen LogP contribution is 2.39. The van der Waals surface area contributed by atoms with Crippen molar-refractivity contribution in [2.75, 3.05) is 21.0 Å². The lowest BCUT2D eigenvalue weighted by Crippen LogP contribution is -2.12. The van der Waals surface area contributed by atoms with Crippen molar-refractivity contribution in [1.82, 2.24) is 5.32 Å². The van der Waals surface area contributed by atoms with Crippen LogP contribution in [0.2, 0.25) is 0 Å². The normalized spacial score (nSPS) is 14.0.